The normalized spacial score (nSPS) is 16.0. The molecule has 5 nitrogen and oxygen atoms in total. The Morgan fingerprint density at radius 2 is 1.58 bits per heavy atom. The number of carbonyl (C=O) groups excluding carboxylic acids is 3. The molecule has 0 N–H and O–H groups in total. The van der Waals surface area contributed by atoms with E-state index in [1.54, 1.807) is 36.4 Å². The first-order valence-corrected chi connectivity index (χ1v) is 8.95. The molecule has 1 fully saturated rings. The fraction of sp³-hybridized carbons (Fsp3) is 0.286. The number of amides is 3. The molecule has 0 aromatic heterocycles. The average Bonchev–Trinajstić information content (AvgIpc) is 3.47. The fourth-order valence-electron chi connectivity index (χ4n) is 3.44. The Labute approximate surface area is 152 Å². The second-order valence-corrected chi connectivity index (χ2v) is 6.76. The van der Waals surface area contributed by atoms with Gasteiger partial charge in [0.25, 0.3) is 17.7 Å². The number of hydrogen-bond donors (Lipinski definition) is 0. The standard InChI is InChI=1S/C21H20N2O3/c1-2-22(16-11-12-16)19(24)15-9-7-14(8-10-15)13-23-20(25)17-5-3-4-6-18(17)21(23)26/h3-10,16H,2,11-13H2,1H3. The van der Waals surface area contributed by atoms with Crippen LogP contribution in [0.3, 0.4) is 0 Å². The van der Waals surface area contributed by atoms with Gasteiger partial charge in [-0.15, -0.1) is 0 Å². The predicted molar refractivity (Wildman–Crippen MR) is 96.8 cm³/mol. The van der Waals surface area contributed by atoms with Gasteiger partial charge in [0.05, 0.1) is 17.7 Å². The zero-order valence-corrected chi connectivity index (χ0v) is 14.6. The maximum atomic E-state index is 12.6. The summed E-state index contributed by atoms with van der Waals surface area (Å²) in [5, 5.41) is 0. The molecule has 1 aliphatic carbocycles. The molecular weight excluding hydrogens is 328 g/mol. The lowest BCUT2D eigenvalue weighted by Gasteiger charge is -2.20. The maximum Gasteiger partial charge on any atom is 0.261 e. The number of imide groups is 1. The molecule has 5 heteroatoms. The van der Waals surface area contributed by atoms with Crippen LogP contribution in [0.25, 0.3) is 0 Å². The van der Waals surface area contributed by atoms with Crippen LogP contribution in [0.2, 0.25) is 0 Å². The molecule has 1 saturated carbocycles. The Kier molecular flexibility index (Phi) is 4.07. The molecule has 0 bridgehead atoms. The molecule has 0 spiro atoms. The van der Waals surface area contributed by atoms with Crippen LogP contribution in [0.5, 0.6) is 0 Å². The first-order chi connectivity index (χ1) is 12.6. The Balaban J connectivity index is 1.49. The molecule has 26 heavy (non-hydrogen) atoms. The number of carbonyl (C=O) groups is 3. The monoisotopic (exact) mass is 348 g/mol. The largest absolute Gasteiger partial charge is 0.336 e. The Morgan fingerprint density at radius 1 is 1.00 bits per heavy atom. The summed E-state index contributed by atoms with van der Waals surface area (Å²) < 4.78 is 0. The van der Waals surface area contributed by atoms with Crippen LogP contribution in [-0.2, 0) is 6.54 Å². The minimum Gasteiger partial charge on any atom is -0.336 e. The average molecular weight is 348 g/mol. The third-order valence-corrected chi connectivity index (χ3v) is 5.01. The van der Waals surface area contributed by atoms with Crippen LogP contribution in [0.15, 0.2) is 48.5 Å². The highest BCUT2D eigenvalue weighted by atomic mass is 16.2. The van der Waals surface area contributed by atoms with E-state index in [-0.39, 0.29) is 24.3 Å². The molecule has 2 aromatic carbocycles. The summed E-state index contributed by atoms with van der Waals surface area (Å²) in [6.07, 6.45) is 2.16. The molecular formula is C21H20N2O3. The van der Waals surface area contributed by atoms with E-state index in [1.807, 2.05) is 24.0 Å². The molecule has 1 aliphatic heterocycles. The highest BCUT2D eigenvalue weighted by Crippen LogP contribution is 2.28. The molecule has 0 radical (unpaired) electrons. The van der Waals surface area contributed by atoms with E-state index in [0.29, 0.717) is 29.3 Å². The van der Waals surface area contributed by atoms with E-state index in [4.69, 9.17) is 0 Å². The van der Waals surface area contributed by atoms with E-state index >= 15 is 0 Å². The highest BCUT2D eigenvalue weighted by molar-refractivity contribution is 6.21. The van der Waals surface area contributed by atoms with Gasteiger partial charge < -0.3 is 4.90 Å². The van der Waals surface area contributed by atoms with E-state index in [1.165, 1.54) is 4.90 Å². The van der Waals surface area contributed by atoms with E-state index in [2.05, 4.69) is 0 Å². The molecule has 132 valence electrons. The molecule has 4 rings (SSSR count). The Bertz CT molecular complexity index is 849. The molecule has 0 saturated heterocycles. The molecule has 3 amide bonds. The van der Waals surface area contributed by atoms with E-state index in [9.17, 15) is 14.4 Å². The van der Waals surface area contributed by atoms with Gasteiger partial charge in [0.2, 0.25) is 0 Å². The number of nitrogens with zero attached hydrogens (tertiary/aromatic N) is 2. The van der Waals surface area contributed by atoms with Crippen LogP contribution in [0, 0.1) is 0 Å². The van der Waals surface area contributed by atoms with Gasteiger partial charge in [-0.2, -0.15) is 0 Å². The maximum absolute atomic E-state index is 12.6. The lowest BCUT2D eigenvalue weighted by atomic mass is 10.1. The number of rotatable bonds is 5. The molecule has 2 aromatic rings. The van der Waals surface area contributed by atoms with Gasteiger partial charge in [-0.05, 0) is 49.6 Å². The zero-order valence-electron chi connectivity index (χ0n) is 14.6. The topological polar surface area (TPSA) is 57.7 Å². The van der Waals surface area contributed by atoms with Crippen LogP contribution >= 0.6 is 0 Å². The van der Waals surface area contributed by atoms with Gasteiger partial charge in [0.1, 0.15) is 0 Å². The van der Waals surface area contributed by atoms with Crippen molar-refractivity contribution < 1.29 is 14.4 Å². The van der Waals surface area contributed by atoms with Crippen LogP contribution in [-0.4, -0.2) is 40.1 Å². The summed E-state index contributed by atoms with van der Waals surface area (Å²) in [6.45, 7) is 2.91. The quantitative estimate of drug-likeness (QED) is 0.780. The second-order valence-electron chi connectivity index (χ2n) is 6.76. The number of benzene rings is 2. The van der Waals surface area contributed by atoms with Crippen molar-refractivity contribution in [2.75, 3.05) is 6.54 Å². The van der Waals surface area contributed by atoms with Gasteiger partial charge in [-0.1, -0.05) is 24.3 Å². The van der Waals surface area contributed by atoms with Gasteiger partial charge in [0.15, 0.2) is 0 Å². The van der Waals surface area contributed by atoms with Crippen molar-refractivity contribution in [1.82, 2.24) is 9.80 Å². The summed E-state index contributed by atoms with van der Waals surface area (Å²) in [4.78, 5) is 40.6. The zero-order chi connectivity index (χ0) is 18.3. The summed E-state index contributed by atoms with van der Waals surface area (Å²) in [5.41, 5.74) is 2.37. The van der Waals surface area contributed by atoms with E-state index < -0.39 is 0 Å². The van der Waals surface area contributed by atoms with Crippen molar-refractivity contribution in [3.05, 3.63) is 70.8 Å². The molecule has 2 aliphatic rings. The fourth-order valence-corrected chi connectivity index (χ4v) is 3.44. The second kappa shape index (κ2) is 6.41. The Hall–Kier alpha value is -2.95. The third kappa shape index (κ3) is 2.79. The first-order valence-electron chi connectivity index (χ1n) is 8.95. The van der Waals surface area contributed by atoms with Crippen molar-refractivity contribution in [3.63, 3.8) is 0 Å². The highest BCUT2D eigenvalue weighted by Gasteiger charge is 2.35. The van der Waals surface area contributed by atoms with Gasteiger partial charge >= 0.3 is 0 Å². The van der Waals surface area contributed by atoms with Gasteiger partial charge in [-0.3, -0.25) is 19.3 Å². The summed E-state index contributed by atoms with van der Waals surface area (Å²) in [6, 6.07) is 14.4. The summed E-state index contributed by atoms with van der Waals surface area (Å²) in [7, 11) is 0. The van der Waals surface area contributed by atoms with Crippen molar-refractivity contribution in [1.29, 1.82) is 0 Å². The molecule has 0 unspecified atom stereocenters. The van der Waals surface area contributed by atoms with Crippen molar-refractivity contribution >= 4 is 17.7 Å². The molecule has 0 atom stereocenters. The van der Waals surface area contributed by atoms with Crippen LogP contribution in [0.1, 0.15) is 56.4 Å². The summed E-state index contributed by atoms with van der Waals surface area (Å²) >= 11 is 0. The van der Waals surface area contributed by atoms with Gasteiger partial charge in [-0.25, -0.2) is 0 Å². The number of hydrogen-bond acceptors (Lipinski definition) is 3. The predicted octanol–water partition coefficient (Wildman–Crippen LogP) is 3.11. The Morgan fingerprint density at radius 3 is 2.08 bits per heavy atom. The van der Waals surface area contributed by atoms with Crippen molar-refractivity contribution in [2.45, 2.75) is 32.4 Å². The van der Waals surface area contributed by atoms with Crippen molar-refractivity contribution in [3.8, 4) is 0 Å². The van der Waals surface area contributed by atoms with E-state index in [0.717, 1.165) is 18.4 Å². The lowest BCUT2D eigenvalue weighted by molar-refractivity contribution is 0.0640. The number of fused-ring (bicyclic) bond motifs is 1. The lowest BCUT2D eigenvalue weighted by Crippen LogP contribution is -2.32. The van der Waals surface area contributed by atoms with Crippen molar-refractivity contribution in [2.24, 2.45) is 0 Å². The van der Waals surface area contributed by atoms with Crippen LogP contribution in [0.4, 0.5) is 0 Å². The third-order valence-electron chi connectivity index (χ3n) is 5.01. The van der Waals surface area contributed by atoms with Crippen LogP contribution < -0.4 is 0 Å². The van der Waals surface area contributed by atoms with Gasteiger partial charge in [0, 0.05) is 18.2 Å². The smallest absolute Gasteiger partial charge is 0.261 e. The minimum absolute atomic E-state index is 0.0438. The molecule has 1 heterocycles. The summed E-state index contributed by atoms with van der Waals surface area (Å²) in [5.74, 6) is -0.490. The minimum atomic E-state index is -0.267. The first kappa shape index (κ1) is 16.5. The SMILES string of the molecule is CCN(C(=O)c1ccc(CN2C(=O)c3ccccc3C2=O)cc1)C1CC1.